The van der Waals surface area contributed by atoms with Crippen molar-refractivity contribution in [1.82, 2.24) is 0 Å². The van der Waals surface area contributed by atoms with Gasteiger partial charge in [0.15, 0.2) is 0 Å². The first-order valence-electron chi connectivity index (χ1n) is 6.12. The topological polar surface area (TPSA) is 38.7 Å². The molecule has 0 aromatic heterocycles. The number of methoxy groups -OCH3 is 1. The smallest absolute Gasteiger partial charge is 0.0864 e. The highest BCUT2D eigenvalue weighted by molar-refractivity contribution is 7.98. The van der Waals surface area contributed by atoms with Gasteiger partial charge < -0.3 is 14.6 Å². The minimum absolute atomic E-state index is 0.0313. The van der Waals surface area contributed by atoms with Crippen LogP contribution in [0.1, 0.15) is 12.5 Å². The molecule has 18 heavy (non-hydrogen) atoms. The number of ether oxygens (including phenoxy) is 2. The maximum atomic E-state index is 9.76. The average Bonchev–Trinajstić information content (AvgIpc) is 2.38. The van der Waals surface area contributed by atoms with Crippen LogP contribution in [0.3, 0.4) is 0 Å². The predicted molar refractivity (Wildman–Crippen MR) is 75.9 cm³/mol. The second kappa shape index (κ2) is 9.39. The molecule has 0 radical (unpaired) electrons. The molecule has 0 aliphatic carbocycles. The Morgan fingerprint density at radius 1 is 1.22 bits per heavy atom. The lowest BCUT2D eigenvalue weighted by Crippen LogP contribution is -2.24. The molecular formula is C14H22O3S. The Balaban J connectivity index is 2.08. The third-order valence-electron chi connectivity index (χ3n) is 2.40. The van der Waals surface area contributed by atoms with Gasteiger partial charge >= 0.3 is 0 Å². The van der Waals surface area contributed by atoms with Crippen LogP contribution in [0.5, 0.6) is 0 Å². The quantitative estimate of drug-likeness (QED) is 0.747. The number of hydrogen-bond donors (Lipinski definition) is 1. The standard InChI is InChI=1S/C14H22O3S/c1-12(8-16-2)17-9-14(15)11-18-10-13-6-4-3-5-7-13/h3-7,12,14-15H,8-11H2,1-2H3. The lowest BCUT2D eigenvalue weighted by Gasteiger charge is -2.15. The molecule has 3 nitrogen and oxygen atoms in total. The van der Waals surface area contributed by atoms with E-state index < -0.39 is 6.10 Å². The van der Waals surface area contributed by atoms with E-state index in [1.54, 1.807) is 18.9 Å². The predicted octanol–water partition coefficient (Wildman–Crippen LogP) is 2.33. The SMILES string of the molecule is COCC(C)OCC(O)CSCc1ccccc1. The average molecular weight is 270 g/mol. The molecule has 102 valence electrons. The van der Waals surface area contributed by atoms with Gasteiger partial charge in [-0.15, -0.1) is 0 Å². The molecular weight excluding hydrogens is 248 g/mol. The highest BCUT2D eigenvalue weighted by Crippen LogP contribution is 2.13. The van der Waals surface area contributed by atoms with Gasteiger partial charge in [0, 0.05) is 18.6 Å². The van der Waals surface area contributed by atoms with Crippen molar-refractivity contribution in [3.8, 4) is 0 Å². The molecule has 1 rings (SSSR count). The minimum atomic E-state index is -0.419. The van der Waals surface area contributed by atoms with Crippen LogP contribution < -0.4 is 0 Å². The lowest BCUT2D eigenvalue weighted by molar-refractivity contribution is -0.0257. The van der Waals surface area contributed by atoms with Crippen molar-refractivity contribution >= 4 is 11.8 Å². The summed E-state index contributed by atoms with van der Waals surface area (Å²) in [6.45, 7) is 2.86. The Morgan fingerprint density at radius 2 is 1.94 bits per heavy atom. The fourth-order valence-corrected chi connectivity index (χ4v) is 2.41. The number of aliphatic hydroxyl groups is 1. The van der Waals surface area contributed by atoms with Crippen molar-refractivity contribution in [2.24, 2.45) is 0 Å². The monoisotopic (exact) mass is 270 g/mol. The Labute approximate surface area is 113 Å². The molecule has 0 aliphatic rings. The van der Waals surface area contributed by atoms with Crippen LogP contribution in [0.4, 0.5) is 0 Å². The number of benzene rings is 1. The first-order valence-corrected chi connectivity index (χ1v) is 7.28. The first kappa shape index (κ1) is 15.5. The van der Waals surface area contributed by atoms with Crippen molar-refractivity contribution in [2.75, 3.05) is 26.1 Å². The van der Waals surface area contributed by atoms with Crippen molar-refractivity contribution < 1.29 is 14.6 Å². The molecule has 2 atom stereocenters. The zero-order valence-corrected chi connectivity index (χ0v) is 11.9. The van der Waals surface area contributed by atoms with Crippen LogP contribution in [0, 0.1) is 0 Å². The number of hydrogen-bond acceptors (Lipinski definition) is 4. The summed E-state index contributed by atoms with van der Waals surface area (Å²) in [6, 6.07) is 10.3. The second-order valence-corrected chi connectivity index (χ2v) is 5.28. The largest absolute Gasteiger partial charge is 0.390 e. The van der Waals surface area contributed by atoms with Crippen LogP contribution in [0.25, 0.3) is 0 Å². The Bertz CT molecular complexity index is 305. The van der Waals surface area contributed by atoms with E-state index in [9.17, 15) is 5.11 Å². The maximum absolute atomic E-state index is 9.76. The fraction of sp³-hybridized carbons (Fsp3) is 0.571. The van der Waals surface area contributed by atoms with Gasteiger partial charge in [-0.05, 0) is 12.5 Å². The molecule has 1 N–H and O–H groups in total. The van der Waals surface area contributed by atoms with Crippen molar-refractivity contribution in [2.45, 2.75) is 24.9 Å². The molecule has 0 amide bonds. The van der Waals surface area contributed by atoms with Gasteiger partial charge in [0.05, 0.1) is 25.4 Å². The van der Waals surface area contributed by atoms with Crippen molar-refractivity contribution in [3.63, 3.8) is 0 Å². The Kier molecular flexibility index (Phi) is 8.09. The van der Waals surface area contributed by atoms with Gasteiger partial charge in [0.25, 0.3) is 0 Å². The summed E-state index contributed by atoms with van der Waals surface area (Å²) in [6.07, 6.45) is -0.387. The summed E-state index contributed by atoms with van der Waals surface area (Å²) in [5.74, 6) is 1.61. The maximum Gasteiger partial charge on any atom is 0.0864 e. The Morgan fingerprint density at radius 3 is 2.61 bits per heavy atom. The van der Waals surface area contributed by atoms with E-state index in [4.69, 9.17) is 9.47 Å². The van der Waals surface area contributed by atoms with Gasteiger partial charge in [-0.1, -0.05) is 30.3 Å². The molecule has 0 bridgehead atoms. The van der Waals surface area contributed by atoms with E-state index in [0.717, 1.165) is 5.75 Å². The molecule has 2 unspecified atom stereocenters. The Hall–Kier alpha value is -0.550. The molecule has 1 aromatic carbocycles. The van der Waals surface area contributed by atoms with Gasteiger partial charge in [-0.25, -0.2) is 0 Å². The number of rotatable bonds is 9. The first-order chi connectivity index (χ1) is 8.72. The van der Waals surface area contributed by atoms with Crippen LogP contribution in [0.2, 0.25) is 0 Å². The summed E-state index contributed by atoms with van der Waals surface area (Å²) in [7, 11) is 1.64. The zero-order chi connectivity index (χ0) is 13.2. The van der Waals surface area contributed by atoms with Crippen molar-refractivity contribution in [1.29, 1.82) is 0 Å². The molecule has 0 saturated heterocycles. The van der Waals surface area contributed by atoms with Gasteiger partial charge in [-0.2, -0.15) is 11.8 Å². The molecule has 0 spiro atoms. The van der Waals surface area contributed by atoms with E-state index in [1.807, 2.05) is 25.1 Å². The van der Waals surface area contributed by atoms with E-state index >= 15 is 0 Å². The minimum Gasteiger partial charge on any atom is -0.390 e. The van der Waals surface area contributed by atoms with Crippen LogP contribution in [-0.4, -0.2) is 43.4 Å². The van der Waals surface area contributed by atoms with Gasteiger partial charge in [0.1, 0.15) is 0 Å². The van der Waals surface area contributed by atoms with Gasteiger partial charge in [-0.3, -0.25) is 0 Å². The molecule has 0 aliphatic heterocycles. The zero-order valence-electron chi connectivity index (χ0n) is 11.0. The number of aliphatic hydroxyl groups excluding tert-OH is 1. The van der Waals surface area contributed by atoms with Crippen LogP contribution in [-0.2, 0) is 15.2 Å². The van der Waals surface area contributed by atoms with Crippen LogP contribution in [0.15, 0.2) is 30.3 Å². The summed E-state index contributed by atoms with van der Waals surface area (Å²) in [5.41, 5.74) is 1.28. The molecule has 0 heterocycles. The summed E-state index contributed by atoms with van der Waals surface area (Å²) in [5, 5.41) is 9.76. The molecule has 4 heteroatoms. The van der Waals surface area contributed by atoms with E-state index in [0.29, 0.717) is 19.0 Å². The summed E-state index contributed by atoms with van der Waals surface area (Å²) < 4.78 is 10.4. The third kappa shape index (κ3) is 7.01. The highest BCUT2D eigenvalue weighted by Gasteiger charge is 2.08. The molecule has 0 saturated carbocycles. The highest BCUT2D eigenvalue weighted by atomic mass is 32.2. The number of thioether (sulfide) groups is 1. The lowest BCUT2D eigenvalue weighted by atomic mass is 10.2. The van der Waals surface area contributed by atoms with Crippen LogP contribution >= 0.6 is 11.8 Å². The van der Waals surface area contributed by atoms with E-state index in [1.165, 1.54) is 5.56 Å². The fourth-order valence-electron chi connectivity index (χ4n) is 1.49. The van der Waals surface area contributed by atoms with E-state index in [-0.39, 0.29) is 6.10 Å². The summed E-state index contributed by atoms with van der Waals surface area (Å²) >= 11 is 1.72. The molecule has 1 aromatic rings. The molecule has 0 fully saturated rings. The summed E-state index contributed by atoms with van der Waals surface area (Å²) in [4.78, 5) is 0. The second-order valence-electron chi connectivity index (χ2n) is 4.25. The van der Waals surface area contributed by atoms with Crippen molar-refractivity contribution in [3.05, 3.63) is 35.9 Å². The third-order valence-corrected chi connectivity index (χ3v) is 3.55. The van der Waals surface area contributed by atoms with Gasteiger partial charge in [0.2, 0.25) is 0 Å². The normalized spacial score (nSPS) is 14.4. The van der Waals surface area contributed by atoms with E-state index in [2.05, 4.69) is 12.1 Å².